The van der Waals surface area contributed by atoms with E-state index < -0.39 is 0 Å². The van der Waals surface area contributed by atoms with Crippen molar-refractivity contribution in [1.82, 2.24) is 9.80 Å². The summed E-state index contributed by atoms with van der Waals surface area (Å²) in [6.45, 7) is 9.43. The van der Waals surface area contributed by atoms with Gasteiger partial charge >= 0.3 is 0 Å². The SMILES string of the molecule is CCN(CCOc1ccccc1C(C)=O)C(C)CN(C)C. The molecule has 4 nitrogen and oxygen atoms in total. The smallest absolute Gasteiger partial charge is 0.163 e. The van der Waals surface area contributed by atoms with Gasteiger partial charge in [0, 0.05) is 19.1 Å². The van der Waals surface area contributed by atoms with E-state index in [0.717, 1.165) is 19.6 Å². The number of hydrogen-bond donors (Lipinski definition) is 0. The molecule has 0 N–H and O–H groups in total. The maximum Gasteiger partial charge on any atom is 0.163 e. The number of para-hydroxylation sites is 1. The Labute approximate surface area is 128 Å². The monoisotopic (exact) mass is 292 g/mol. The highest BCUT2D eigenvalue weighted by molar-refractivity contribution is 5.96. The summed E-state index contributed by atoms with van der Waals surface area (Å²) in [5, 5.41) is 0. The molecule has 0 spiro atoms. The Morgan fingerprint density at radius 2 is 1.95 bits per heavy atom. The van der Waals surface area contributed by atoms with Gasteiger partial charge in [0.25, 0.3) is 0 Å². The topological polar surface area (TPSA) is 32.8 Å². The minimum atomic E-state index is 0.0407. The van der Waals surface area contributed by atoms with Crippen LogP contribution in [0.5, 0.6) is 5.75 Å². The zero-order chi connectivity index (χ0) is 15.8. The summed E-state index contributed by atoms with van der Waals surface area (Å²) in [6, 6.07) is 7.91. The van der Waals surface area contributed by atoms with Crippen LogP contribution in [-0.4, -0.2) is 62.0 Å². The Hall–Kier alpha value is -1.39. The molecule has 0 heterocycles. The lowest BCUT2D eigenvalue weighted by atomic mass is 10.1. The molecule has 0 aliphatic carbocycles. The fourth-order valence-corrected chi connectivity index (χ4v) is 2.49. The quantitative estimate of drug-likeness (QED) is 0.655. The van der Waals surface area contributed by atoms with E-state index in [0.29, 0.717) is 24.0 Å². The standard InChI is InChI=1S/C17H28N2O2/c1-6-19(14(2)13-18(4)5)11-12-21-17-10-8-7-9-16(17)15(3)20/h7-10,14H,6,11-13H2,1-5H3. The number of carbonyl (C=O) groups is 1. The van der Waals surface area contributed by atoms with Gasteiger partial charge in [0.1, 0.15) is 12.4 Å². The van der Waals surface area contributed by atoms with Crippen LogP contribution in [0, 0.1) is 0 Å². The van der Waals surface area contributed by atoms with Gasteiger partial charge in [-0.1, -0.05) is 19.1 Å². The molecular weight excluding hydrogens is 264 g/mol. The van der Waals surface area contributed by atoms with Crippen molar-refractivity contribution in [2.45, 2.75) is 26.8 Å². The van der Waals surface area contributed by atoms with Gasteiger partial charge in [0.05, 0.1) is 5.56 Å². The number of nitrogens with zero attached hydrogens (tertiary/aromatic N) is 2. The molecule has 1 aromatic rings. The average molecular weight is 292 g/mol. The number of hydrogen-bond acceptors (Lipinski definition) is 4. The van der Waals surface area contributed by atoms with Crippen molar-refractivity contribution >= 4 is 5.78 Å². The summed E-state index contributed by atoms with van der Waals surface area (Å²) in [6.07, 6.45) is 0. The minimum absolute atomic E-state index is 0.0407. The zero-order valence-electron chi connectivity index (χ0n) is 13.9. The number of ether oxygens (including phenoxy) is 1. The van der Waals surface area contributed by atoms with Crippen molar-refractivity contribution in [3.8, 4) is 5.75 Å². The number of rotatable bonds is 9. The Balaban J connectivity index is 2.53. The van der Waals surface area contributed by atoms with Crippen molar-refractivity contribution in [2.75, 3.05) is 40.3 Å². The van der Waals surface area contributed by atoms with Crippen LogP contribution in [0.2, 0.25) is 0 Å². The normalized spacial score (nSPS) is 12.7. The van der Waals surface area contributed by atoms with Crippen LogP contribution in [0.1, 0.15) is 31.1 Å². The summed E-state index contributed by atoms with van der Waals surface area (Å²) in [7, 11) is 4.17. The van der Waals surface area contributed by atoms with Crippen molar-refractivity contribution < 1.29 is 9.53 Å². The molecule has 0 amide bonds. The Kier molecular flexibility index (Phi) is 7.40. The van der Waals surface area contributed by atoms with E-state index in [1.165, 1.54) is 0 Å². The van der Waals surface area contributed by atoms with Crippen molar-refractivity contribution in [3.63, 3.8) is 0 Å². The second-order valence-corrected chi connectivity index (χ2v) is 5.64. The highest BCUT2D eigenvalue weighted by Gasteiger charge is 2.13. The van der Waals surface area contributed by atoms with E-state index in [1.54, 1.807) is 6.92 Å². The van der Waals surface area contributed by atoms with Gasteiger partial charge in [-0.3, -0.25) is 9.69 Å². The average Bonchev–Trinajstić information content (AvgIpc) is 2.43. The zero-order valence-corrected chi connectivity index (χ0v) is 13.9. The maximum absolute atomic E-state index is 11.6. The second-order valence-electron chi connectivity index (χ2n) is 5.64. The molecule has 0 aliphatic heterocycles. The summed E-state index contributed by atoms with van der Waals surface area (Å²) in [5.74, 6) is 0.722. The molecule has 0 bridgehead atoms. The number of benzene rings is 1. The van der Waals surface area contributed by atoms with E-state index in [4.69, 9.17) is 4.74 Å². The first-order chi connectivity index (χ1) is 9.95. The van der Waals surface area contributed by atoms with Gasteiger partial charge in [-0.15, -0.1) is 0 Å². The molecular formula is C17H28N2O2. The lowest BCUT2D eigenvalue weighted by Crippen LogP contribution is -2.42. The van der Waals surface area contributed by atoms with Gasteiger partial charge in [0.15, 0.2) is 5.78 Å². The summed E-state index contributed by atoms with van der Waals surface area (Å²) >= 11 is 0. The summed E-state index contributed by atoms with van der Waals surface area (Å²) in [4.78, 5) is 16.1. The predicted molar refractivity (Wildman–Crippen MR) is 87.2 cm³/mol. The molecule has 1 aromatic carbocycles. The van der Waals surface area contributed by atoms with E-state index in [9.17, 15) is 4.79 Å². The third kappa shape index (κ3) is 5.86. The highest BCUT2D eigenvalue weighted by atomic mass is 16.5. The van der Waals surface area contributed by atoms with Crippen LogP contribution < -0.4 is 4.74 Å². The molecule has 0 aliphatic rings. The molecule has 4 heteroatoms. The van der Waals surface area contributed by atoms with E-state index in [1.807, 2.05) is 24.3 Å². The molecule has 0 aromatic heterocycles. The predicted octanol–water partition coefficient (Wildman–Crippen LogP) is 2.54. The van der Waals surface area contributed by atoms with Crippen molar-refractivity contribution in [2.24, 2.45) is 0 Å². The number of likely N-dealkylation sites (N-methyl/N-ethyl adjacent to an activating group) is 2. The lowest BCUT2D eigenvalue weighted by molar-refractivity contribution is 0.101. The maximum atomic E-state index is 11.6. The first-order valence-corrected chi connectivity index (χ1v) is 7.57. The van der Waals surface area contributed by atoms with Crippen LogP contribution in [0.4, 0.5) is 0 Å². The number of Topliss-reactive ketones (excluding diaryl/α,β-unsaturated/α-hetero) is 1. The highest BCUT2D eigenvalue weighted by Crippen LogP contribution is 2.18. The van der Waals surface area contributed by atoms with Gasteiger partial charge in [-0.25, -0.2) is 0 Å². The Bertz CT molecular complexity index is 446. The molecule has 0 radical (unpaired) electrons. The van der Waals surface area contributed by atoms with Gasteiger partial charge in [-0.2, -0.15) is 0 Å². The Morgan fingerprint density at radius 1 is 1.29 bits per heavy atom. The van der Waals surface area contributed by atoms with E-state index in [-0.39, 0.29) is 5.78 Å². The molecule has 1 rings (SSSR count). The van der Waals surface area contributed by atoms with Crippen LogP contribution in [0.25, 0.3) is 0 Å². The molecule has 0 fully saturated rings. The molecule has 118 valence electrons. The van der Waals surface area contributed by atoms with Gasteiger partial charge in [-0.05, 0) is 46.6 Å². The largest absolute Gasteiger partial charge is 0.491 e. The summed E-state index contributed by atoms with van der Waals surface area (Å²) in [5.41, 5.74) is 0.655. The first-order valence-electron chi connectivity index (χ1n) is 7.57. The lowest BCUT2D eigenvalue weighted by Gasteiger charge is -2.29. The number of carbonyl (C=O) groups excluding carboxylic acids is 1. The van der Waals surface area contributed by atoms with Crippen LogP contribution in [0.15, 0.2) is 24.3 Å². The molecule has 0 saturated heterocycles. The number of ketones is 1. The second kappa shape index (κ2) is 8.80. The molecule has 1 atom stereocenters. The Morgan fingerprint density at radius 3 is 2.52 bits per heavy atom. The van der Waals surface area contributed by atoms with E-state index in [2.05, 4.69) is 37.7 Å². The van der Waals surface area contributed by atoms with Crippen LogP contribution in [-0.2, 0) is 0 Å². The fraction of sp³-hybridized carbons (Fsp3) is 0.588. The summed E-state index contributed by atoms with van der Waals surface area (Å²) < 4.78 is 5.81. The van der Waals surface area contributed by atoms with E-state index >= 15 is 0 Å². The van der Waals surface area contributed by atoms with Gasteiger partial charge < -0.3 is 9.64 Å². The molecule has 1 unspecified atom stereocenters. The van der Waals surface area contributed by atoms with Crippen LogP contribution in [0.3, 0.4) is 0 Å². The third-order valence-corrected chi connectivity index (χ3v) is 3.56. The molecule has 0 saturated carbocycles. The third-order valence-electron chi connectivity index (χ3n) is 3.56. The molecule has 21 heavy (non-hydrogen) atoms. The van der Waals surface area contributed by atoms with Crippen molar-refractivity contribution in [1.29, 1.82) is 0 Å². The van der Waals surface area contributed by atoms with Crippen LogP contribution >= 0.6 is 0 Å². The van der Waals surface area contributed by atoms with Crippen molar-refractivity contribution in [3.05, 3.63) is 29.8 Å². The van der Waals surface area contributed by atoms with Gasteiger partial charge in [0.2, 0.25) is 0 Å². The minimum Gasteiger partial charge on any atom is -0.491 e. The first kappa shape index (κ1) is 17.7. The fourth-order valence-electron chi connectivity index (χ4n) is 2.49.